The zero-order valence-electron chi connectivity index (χ0n) is 9.49. The minimum absolute atomic E-state index is 0.0358. The van der Waals surface area contributed by atoms with Gasteiger partial charge in [-0.25, -0.2) is 5.43 Å². The van der Waals surface area contributed by atoms with Gasteiger partial charge in [0, 0.05) is 16.9 Å². The Labute approximate surface area is 99.2 Å². The molecule has 0 radical (unpaired) electrons. The zero-order valence-corrected chi connectivity index (χ0v) is 10.3. The van der Waals surface area contributed by atoms with Gasteiger partial charge in [-0.3, -0.25) is 5.84 Å². The van der Waals surface area contributed by atoms with E-state index in [9.17, 15) is 0 Å². The molecule has 2 heterocycles. The predicted molar refractivity (Wildman–Crippen MR) is 66.3 cm³/mol. The Bertz CT molecular complexity index is 461. The van der Waals surface area contributed by atoms with Gasteiger partial charge >= 0.3 is 0 Å². The van der Waals surface area contributed by atoms with Crippen LogP contribution in [0.4, 0.5) is 0 Å². The maximum atomic E-state index is 5.66. The fourth-order valence-electron chi connectivity index (χ4n) is 1.88. The first-order valence-electron chi connectivity index (χ1n) is 5.34. The molecule has 0 spiro atoms. The third kappa shape index (κ3) is 1.91. The van der Waals surface area contributed by atoms with Gasteiger partial charge in [0.15, 0.2) is 0 Å². The highest BCUT2D eigenvalue weighted by Gasteiger charge is 2.20. The number of hydrogen-bond acceptors (Lipinski definition) is 4. The van der Waals surface area contributed by atoms with Crippen LogP contribution in [0.2, 0.25) is 0 Å². The molecular weight excluding hydrogens is 220 g/mol. The number of furan rings is 1. The van der Waals surface area contributed by atoms with Crippen LogP contribution in [0.15, 0.2) is 28.2 Å². The number of rotatable bonds is 4. The first-order chi connectivity index (χ1) is 7.77. The Balaban J connectivity index is 2.40. The van der Waals surface area contributed by atoms with Gasteiger partial charge in [0.1, 0.15) is 5.76 Å². The normalized spacial score (nSPS) is 12.9. The lowest BCUT2D eigenvalue weighted by atomic mass is 10.0. The molecule has 1 unspecified atom stereocenters. The first kappa shape index (κ1) is 11.4. The van der Waals surface area contributed by atoms with Crippen LogP contribution in [0.1, 0.15) is 34.7 Å². The minimum Gasteiger partial charge on any atom is -0.469 e. The third-order valence-electron chi connectivity index (χ3n) is 2.74. The monoisotopic (exact) mass is 236 g/mol. The van der Waals surface area contributed by atoms with E-state index in [1.54, 1.807) is 17.6 Å². The van der Waals surface area contributed by atoms with Gasteiger partial charge in [-0.2, -0.15) is 0 Å². The molecule has 0 aliphatic carbocycles. The Kier molecular flexibility index (Phi) is 3.43. The molecule has 2 aromatic heterocycles. The van der Waals surface area contributed by atoms with Crippen molar-refractivity contribution in [2.45, 2.75) is 26.3 Å². The second kappa shape index (κ2) is 4.82. The SMILES string of the molecule is CCc1occc1C(NN)c1sccc1C. The number of aryl methyl sites for hydroxylation is 2. The molecule has 86 valence electrons. The molecule has 0 aliphatic rings. The second-order valence-electron chi connectivity index (χ2n) is 3.72. The van der Waals surface area contributed by atoms with Crippen molar-refractivity contribution in [3.05, 3.63) is 45.5 Å². The molecule has 0 fully saturated rings. The Morgan fingerprint density at radius 3 is 2.88 bits per heavy atom. The Morgan fingerprint density at radius 1 is 1.50 bits per heavy atom. The van der Waals surface area contributed by atoms with E-state index >= 15 is 0 Å². The van der Waals surface area contributed by atoms with Crippen molar-refractivity contribution in [1.82, 2.24) is 5.43 Å². The standard InChI is InChI=1S/C12H16N2OS/c1-3-10-9(4-6-15-10)11(14-13)12-8(2)5-7-16-12/h4-7,11,14H,3,13H2,1-2H3. The molecule has 0 saturated carbocycles. The van der Waals surface area contributed by atoms with Crippen LogP contribution in [0.5, 0.6) is 0 Å². The van der Waals surface area contributed by atoms with Gasteiger partial charge < -0.3 is 4.42 Å². The Hall–Kier alpha value is -1.10. The van der Waals surface area contributed by atoms with Crippen molar-refractivity contribution in [3.63, 3.8) is 0 Å². The summed E-state index contributed by atoms with van der Waals surface area (Å²) >= 11 is 1.72. The van der Waals surface area contributed by atoms with Crippen molar-refractivity contribution in [2.24, 2.45) is 5.84 Å². The molecule has 0 aromatic carbocycles. The third-order valence-corrected chi connectivity index (χ3v) is 3.83. The summed E-state index contributed by atoms with van der Waals surface area (Å²) in [5, 5.41) is 2.08. The number of nitrogens with one attached hydrogen (secondary N) is 1. The summed E-state index contributed by atoms with van der Waals surface area (Å²) in [6, 6.07) is 4.13. The number of hydrazine groups is 1. The van der Waals surface area contributed by atoms with Crippen molar-refractivity contribution in [2.75, 3.05) is 0 Å². The summed E-state index contributed by atoms with van der Waals surface area (Å²) in [6.45, 7) is 4.18. The van der Waals surface area contributed by atoms with E-state index < -0.39 is 0 Å². The number of hydrogen-bond donors (Lipinski definition) is 2. The molecule has 2 rings (SSSR count). The summed E-state index contributed by atoms with van der Waals surface area (Å²) in [4.78, 5) is 1.25. The molecule has 4 heteroatoms. The highest BCUT2D eigenvalue weighted by atomic mass is 32.1. The predicted octanol–water partition coefficient (Wildman–Crippen LogP) is 2.76. The van der Waals surface area contributed by atoms with Crippen LogP contribution < -0.4 is 11.3 Å². The molecule has 2 aromatic rings. The van der Waals surface area contributed by atoms with Crippen molar-refractivity contribution >= 4 is 11.3 Å². The molecule has 0 amide bonds. The second-order valence-corrected chi connectivity index (χ2v) is 4.67. The molecule has 3 nitrogen and oxygen atoms in total. The van der Waals surface area contributed by atoms with E-state index in [0.717, 1.165) is 17.7 Å². The van der Waals surface area contributed by atoms with Crippen LogP contribution in [-0.2, 0) is 6.42 Å². The van der Waals surface area contributed by atoms with E-state index in [1.807, 2.05) is 6.07 Å². The van der Waals surface area contributed by atoms with Crippen LogP contribution in [-0.4, -0.2) is 0 Å². The molecular formula is C12H16N2OS. The molecule has 0 aliphatic heterocycles. The maximum Gasteiger partial charge on any atom is 0.108 e. The Morgan fingerprint density at radius 2 is 2.31 bits per heavy atom. The highest BCUT2D eigenvalue weighted by Crippen LogP contribution is 2.31. The van der Waals surface area contributed by atoms with E-state index in [4.69, 9.17) is 10.3 Å². The lowest BCUT2D eigenvalue weighted by molar-refractivity contribution is 0.502. The van der Waals surface area contributed by atoms with Gasteiger partial charge in [0.25, 0.3) is 0 Å². The average molecular weight is 236 g/mol. The van der Waals surface area contributed by atoms with E-state index in [2.05, 4.69) is 30.7 Å². The van der Waals surface area contributed by atoms with Gasteiger partial charge in [0.2, 0.25) is 0 Å². The molecule has 0 saturated heterocycles. The van der Waals surface area contributed by atoms with Crippen molar-refractivity contribution < 1.29 is 4.42 Å². The minimum atomic E-state index is 0.0358. The topological polar surface area (TPSA) is 51.2 Å². The van der Waals surface area contributed by atoms with E-state index in [1.165, 1.54) is 10.4 Å². The summed E-state index contributed by atoms with van der Waals surface area (Å²) in [5.41, 5.74) is 5.27. The van der Waals surface area contributed by atoms with Crippen molar-refractivity contribution in [1.29, 1.82) is 0 Å². The van der Waals surface area contributed by atoms with Gasteiger partial charge in [-0.15, -0.1) is 11.3 Å². The summed E-state index contributed by atoms with van der Waals surface area (Å²) in [7, 11) is 0. The summed E-state index contributed by atoms with van der Waals surface area (Å²) < 4.78 is 5.44. The molecule has 16 heavy (non-hydrogen) atoms. The first-order valence-corrected chi connectivity index (χ1v) is 6.22. The summed E-state index contributed by atoms with van der Waals surface area (Å²) in [5.74, 6) is 6.66. The van der Waals surface area contributed by atoms with Gasteiger partial charge in [0.05, 0.1) is 12.3 Å². The van der Waals surface area contributed by atoms with Crippen LogP contribution in [0.25, 0.3) is 0 Å². The van der Waals surface area contributed by atoms with E-state index in [0.29, 0.717) is 0 Å². The smallest absolute Gasteiger partial charge is 0.108 e. The van der Waals surface area contributed by atoms with Crippen LogP contribution in [0.3, 0.4) is 0 Å². The fraction of sp³-hybridized carbons (Fsp3) is 0.333. The largest absolute Gasteiger partial charge is 0.469 e. The van der Waals surface area contributed by atoms with E-state index in [-0.39, 0.29) is 6.04 Å². The highest BCUT2D eigenvalue weighted by molar-refractivity contribution is 7.10. The number of nitrogens with two attached hydrogens (primary N) is 1. The van der Waals surface area contributed by atoms with Gasteiger partial charge in [-0.05, 0) is 30.0 Å². The summed E-state index contributed by atoms with van der Waals surface area (Å²) in [6.07, 6.45) is 2.60. The molecule has 3 N–H and O–H groups in total. The zero-order chi connectivity index (χ0) is 11.5. The average Bonchev–Trinajstić information content (AvgIpc) is 2.90. The molecule has 1 atom stereocenters. The van der Waals surface area contributed by atoms with Crippen LogP contribution in [0, 0.1) is 6.92 Å². The molecule has 0 bridgehead atoms. The van der Waals surface area contributed by atoms with Gasteiger partial charge in [-0.1, -0.05) is 6.92 Å². The van der Waals surface area contributed by atoms with Crippen molar-refractivity contribution in [3.8, 4) is 0 Å². The van der Waals surface area contributed by atoms with Crippen LogP contribution >= 0.6 is 11.3 Å². The maximum absolute atomic E-state index is 5.66. The fourth-order valence-corrected chi connectivity index (χ4v) is 2.89. The quantitative estimate of drug-likeness (QED) is 0.634. The lowest BCUT2D eigenvalue weighted by Crippen LogP contribution is -2.29. The lowest BCUT2D eigenvalue weighted by Gasteiger charge is -2.15. The number of thiophene rings is 1.